The average Bonchev–Trinajstić information content (AvgIpc) is 3.34. The van der Waals surface area contributed by atoms with Gasteiger partial charge in [-0.2, -0.15) is 0 Å². The Balaban J connectivity index is 1.26. The fourth-order valence-corrected chi connectivity index (χ4v) is 5.55. The summed E-state index contributed by atoms with van der Waals surface area (Å²) < 4.78 is 0. The third-order valence-corrected chi connectivity index (χ3v) is 7.75. The molecular formula is C27H26Cl2N2O2. The number of likely N-dealkylation sites (tertiary alicyclic amines) is 2. The van der Waals surface area contributed by atoms with Gasteiger partial charge in [-0.25, -0.2) is 0 Å². The van der Waals surface area contributed by atoms with Gasteiger partial charge in [0.1, 0.15) is 0 Å². The highest BCUT2D eigenvalue weighted by atomic mass is 35.5. The molecule has 3 aromatic carbocycles. The SMILES string of the molecule is O=C(c1cccc2ccccc12)N1CCC(C(=O)N2CCCC2c2ccc(Cl)c(Cl)c2)CC1. The van der Waals surface area contributed by atoms with Crippen LogP contribution in [0.25, 0.3) is 10.8 Å². The number of carbonyl (C=O) groups is 2. The van der Waals surface area contributed by atoms with Gasteiger partial charge in [-0.05, 0) is 60.2 Å². The lowest BCUT2D eigenvalue weighted by Crippen LogP contribution is -2.44. The van der Waals surface area contributed by atoms with Crippen molar-refractivity contribution < 1.29 is 9.59 Å². The number of hydrogen-bond donors (Lipinski definition) is 0. The Morgan fingerprint density at radius 2 is 1.58 bits per heavy atom. The van der Waals surface area contributed by atoms with Crippen LogP contribution in [0.1, 0.15) is 47.6 Å². The molecule has 3 aromatic rings. The number of benzene rings is 3. The molecule has 5 rings (SSSR count). The molecule has 2 aliphatic rings. The number of halogens is 2. The van der Waals surface area contributed by atoms with Crippen molar-refractivity contribution in [1.82, 2.24) is 9.80 Å². The van der Waals surface area contributed by atoms with Crippen molar-refractivity contribution in [3.05, 3.63) is 81.8 Å². The standard InChI is InChI=1S/C27H26Cl2N2O2/c28-23-11-10-20(17-24(23)29)25-9-4-14-31(25)26(32)19-12-15-30(16-13-19)27(33)22-8-3-6-18-5-1-2-7-21(18)22/h1-3,5-8,10-11,17,19,25H,4,9,12-16H2. The number of piperidine rings is 1. The van der Waals surface area contributed by atoms with E-state index in [2.05, 4.69) is 0 Å². The van der Waals surface area contributed by atoms with Crippen LogP contribution in [0, 0.1) is 5.92 Å². The zero-order valence-electron chi connectivity index (χ0n) is 18.3. The average molecular weight is 481 g/mol. The van der Waals surface area contributed by atoms with Crippen LogP contribution in [0.5, 0.6) is 0 Å². The van der Waals surface area contributed by atoms with Gasteiger partial charge in [-0.3, -0.25) is 9.59 Å². The third-order valence-electron chi connectivity index (χ3n) is 7.02. The third kappa shape index (κ3) is 4.34. The first-order valence-corrected chi connectivity index (χ1v) is 12.3. The molecule has 1 unspecified atom stereocenters. The molecule has 0 radical (unpaired) electrons. The lowest BCUT2D eigenvalue weighted by Gasteiger charge is -2.35. The molecule has 6 heteroatoms. The maximum atomic E-state index is 13.4. The van der Waals surface area contributed by atoms with Gasteiger partial charge in [0.15, 0.2) is 0 Å². The summed E-state index contributed by atoms with van der Waals surface area (Å²) in [5.41, 5.74) is 1.77. The van der Waals surface area contributed by atoms with Gasteiger partial charge in [-0.15, -0.1) is 0 Å². The van der Waals surface area contributed by atoms with Gasteiger partial charge in [0.05, 0.1) is 16.1 Å². The largest absolute Gasteiger partial charge is 0.339 e. The predicted molar refractivity (Wildman–Crippen MR) is 133 cm³/mol. The van der Waals surface area contributed by atoms with Crippen molar-refractivity contribution in [2.24, 2.45) is 5.92 Å². The summed E-state index contributed by atoms with van der Waals surface area (Å²) in [4.78, 5) is 30.6. The van der Waals surface area contributed by atoms with Crippen molar-refractivity contribution in [3.63, 3.8) is 0 Å². The molecule has 33 heavy (non-hydrogen) atoms. The second-order valence-electron chi connectivity index (χ2n) is 8.96. The highest BCUT2D eigenvalue weighted by molar-refractivity contribution is 6.42. The molecule has 170 valence electrons. The number of fused-ring (bicyclic) bond motifs is 1. The second kappa shape index (κ2) is 9.36. The Kier molecular flexibility index (Phi) is 6.31. The Bertz CT molecular complexity index is 1200. The maximum Gasteiger partial charge on any atom is 0.254 e. The number of amides is 2. The maximum absolute atomic E-state index is 13.4. The van der Waals surface area contributed by atoms with E-state index < -0.39 is 0 Å². The van der Waals surface area contributed by atoms with Gasteiger partial charge < -0.3 is 9.80 Å². The number of rotatable bonds is 3. The van der Waals surface area contributed by atoms with E-state index in [1.165, 1.54) is 0 Å². The molecule has 2 amide bonds. The Morgan fingerprint density at radius 3 is 2.36 bits per heavy atom. The summed E-state index contributed by atoms with van der Waals surface area (Å²) in [6, 6.07) is 19.5. The predicted octanol–water partition coefficient (Wildman–Crippen LogP) is 6.36. The molecule has 1 atom stereocenters. The summed E-state index contributed by atoms with van der Waals surface area (Å²) in [7, 11) is 0. The van der Waals surface area contributed by atoms with Crippen molar-refractivity contribution in [2.75, 3.05) is 19.6 Å². The van der Waals surface area contributed by atoms with E-state index in [4.69, 9.17) is 23.2 Å². The topological polar surface area (TPSA) is 40.6 Å². The summed E-state index contributed by atoms with van der Waals surface area (Å²) in [5, 5.41) is 3.09. The van der Waals surface area contributed by atoms with Gasteiger partial charge in [0.2, 0.25) is 5.91 Å². The second-order valence-corrected chi connectivity index (χ2v) is 9.77. The van der Waals surface area contributed by atoms with Crippen LogP contribution in [0.15, 0.2) is 60.7 Å². The van der Waals surface area contributed by atoms with E-state index in [1.54, 1.807) is 6.07 Å². The molecule has 4 nitrogen and oxygen atoms in total. The van der Waals surface area contributed by atoms with Gasteiger partial charge in [0, 0.05) is 31.1 Å². The van der Waals surface area contributed by atoms with Crippen LogP contribution in [0.4, 0.5) is 0 Å². The van der Waals surface area contributed by atoms with Crippen LogP contribution in [-0.2, 0) is 4.79 Å². The number of carbonyl (C=O) groups excluding carboxylic acids is 2. The Hall–Kier alpha value is -2.56. The molecule has 0 aromatic heterocycles. The smallest absolute Gasteiger partial charge is 0.254 e. The molecular weight excluding hydrogens is 455 g/mol. The van der Waals surface area contributed by atoms with E-state index in [0.29, 0.717) is 36.0 Å². The highest BCUT2D eigenvalue weighted by Crippen LogP contribution is 2.37. The van der Waals surface area contributed by atoms with Crippen molar-refractivity contribution in [1.29, 1.82) is 0 Å². The number of nitrogens with zero attached hydrogens (tertiary/aromatic N) is 2. The van der Waals surface area contributed by atoms with Gasteiger partial charge >= 0.3 is 0 Å². The van der Waals surface area contributed by atoms with Crippen molar-refractivity contribution in [3.8, 4) is 0 Å². The molecule has 0 saturated carbocycles. The molecule has 2 aliphatic heterocycles. The van der Waals surface area contributed by atoms with Gasteiger partial charge in [-0.1, -0.05) is 65.7 Å². The van der Waals surface area contributed by atoms with Crippen molar-refractivity contribution in [2.45, 2.75) is 31.7 Å². The minimum absolute atomic E-state index is 0.0441. The fraction of sp³-hybridized carbons (Fsp3) is 0.333. The first-order valence-electron chi connectivity index (χ1n) is 11.6. The van der Waals surface area contributed by atoms with E-state index in [0.717, 1.165) is 41.3 Å². The lowest BCUT2D eigenvalue weighted by molar-refractivity contribution is -0.137. The minimum Gasteiger partial charge on any atom is -0.339 e. The first kappa shape index (κ1) is 22.2. The molecule has 0 spiro atoms. The molecule has 0 bridgehead atoms. The van der Waals surface area contributed by atoms with Crippen LogP contribution in [-0.4, -0.2) is 41.2 Å². The van der Waals surface area contributed by atoms with E-state index in [9.17, 15) is 9.59 Å². The van der Waals surface area contributed by atoms with E-state index in [1.807, 2.05) is 64.4 Å². The fourth-order valence-electron chi connectivity index (χ4n) is 5.24. The van der Waals surface area contributed by atoms with Crippen LogP contribution < -0.4 is 0 Å². The summed E-state index contributed by atoms with van der Waals surface area (Å²) in [6.45, 7) is 1.96. The van der Waals surface area contributed by atoms with Crippen LogP contribution in [0.3, 0.4) is 0 Å². The van der Waals surface area contributed by atoms with Gasteiger partial charge in [0.25, 0.3) is 5.91 Å². The number of hydrogen-bond acceptors (Lipinski definition) is 2. The quantitative estimate of drug-likeness (QED) is 0.437. The summed E-state index contributed by atoms with van der Waals surface area (Å²) >= 11 is 12.3. The Labute approximate surface area is 204 Å². The highest BCUT2D eigenvalue weighted by Gasteiger charge is 2.36. The zero-order valence-corrected chi connectivity index (χ0v) is 19.9. The molecule has 0 N–H and O–H groups in total. The summed E-state index contributed by atoms with van der Waals surface area (Å²) in [5.74, 6) is 0.193. The summed E-state index contributed by atoms with van der Waals surface area (Å²) in [6.07, 6.45) is 3.30. The normalized spacial score (nSPS) is 19.3. The first-order chi connectivity index (χ1) is 16.0. The van der Waals surface area contributed by atoms with E-state index in [-0.39, 0.29) is 23.8 Å². The lowest BCUT2D eigenvalue weighted by atomic mass is 9.93. The van der Waals surface area contributed by atoms with Crippen molar-refractivity contribution >= 4 is 45.8 Å². The molecule has 2 heterocycles. The molecule has 0 aliphatic carbocycles. The van der Waals surface area contributed by atoms with Crippen LogP contribution >= 0.6 is 23.2 Å². The Morgan fingerprint density at radius 1 is 0.818 bits per heavy atom. The zero-order chi connectivity index (χ0) is 22.9. The monoisotopic (exact) mass is 480 g/mol. The molecule has 2 saturated heterocycles. The minimum atomic E-state index is -0.0510. The van der Waals surface area contributed by atoms with Crippen LogP contribution in [0.2, 0.25) is 10.0 Å². The van der Waals surface area contributed by atoms with E-state index >= 15 is 0 Å². The molecule has 2 fully saturated rings.